The SMILES string of the molecule is Cc1cc(Br)ccc1N1CC(C(=O)N(C)c2ccccc2)CC1=O. The van der Waals surface area contributed by atoms with E-state index >= 15 is 0 Å². The van der Waals surface area contributed by atoms with Crippen LogP contribution in [0.2, 0.25) is 0 Å². The zero-order valence-corrected chi connectivity index (χ0v) is 15.3. The van der Waals surface area contributed by atoms with E-state index in [1.807, 2.05) is 55.5 Å². The van der Waals surface area contributed by atoms with Crippen LogP contribution in [0.4, 0.5) is 11.4 Å². The molecule has 1 aliphatic heterocycles. The lowest BCUT2D eigenvalue weighted by molar-refractivity contribution is -0.124. The Bertz CT molecular complexity index is 776. The quantitative estimate of drug-likeness (QED) is 0.805. The highest BCUT2D eigenvalue weighted by Gasteiger charge is 2.37. The van der Waals surface area contributed by atoms with Crippen LogP contribution in [0.1, 0.15) is 12.0 Å². The van der Waals surface area contributed by atoms with E-state index in [-0.39, 0.29) is 24.2 Å². The van der Waals surface area contributed by atoms with Gasteiger partial charge in [0, 0.05) is 35.9 Å². The minimum atomic E-state index is -0.314. The van der Waals surface area contributed by atoms with Crippen LogP contribution in [0.15, 0.2) is 53.0 Å². The first kappa shape index (κ1) is 16.7. The summed E-state index contributed by atoms with van der Waals surface area (Å²) in [5, 5.41) is 0. The van der Waals surface area contributed by atoms with Crippen LogP contribution >= 0.6 is 15.9 Å². The van der Waals surface area contributed by atoms with Crippen LogP contribution in [0.5, 0.6) is 0 Å². The van der Waals surface area contributed by atoms with Gasteiger partial charge in [0.2, 0.25) is 11.8 Å². The summed E-state index contributed by atoms with van der Waals surface area (Å²) in [5.41, 5.74) is 2.73. The Hall–Kier alpha value is -2.14. The van der Waals surface area contributed by atoms with Gasteiger partial charge in [-0.1, -0.05) is 34.1 Å². The van der Waals surface area contributed by atoms with E-state index in [2.05, 4.69) is 15.9 Å². The minimum Gasteiger partial charge on any atom is -0.315 e. The molecule has 1 heterocycles. The van der Waals surface area contributed by atoms with Gasteiger partial charge in [-0.3, -0.25) is 9.59 Å². The highest BCUT2D eigenvalue weighted by molar-refractivity contribution is 9.10. The minimum absolute atomic E-state index is 0.000217. The second kappa shape index (κ2) is 6.77. The molecule has 1 atom stereocenters. The van der Waals surface area contributed by atoms with Crippen molar-refractivity contribution < 1.29 is 9.59 Å². The van der Waals surface area contributed by atoms with Crippen molar-refractivity contribution in [3.63, 3.8) is 0 Å². The van der Waals surface area contributed by atoms with Crippen molar-refractivity contribution in [2.45, 2.75) is 13.3 Å². The molecule has 2 aromatic rings. The Kier molecular flexibility index (Phi) is 4.71. The summed E-state index contributed by atoms with van der Waals surface area (Å²) in [6.45, 7) is 2.40. The maximum atomic E-state index is 12.7. The van der Waals surface area contributed by atoms with Crippen LogP contribution in [0.25, 0.3) is 0 Å². The number of nitrogens with zero attached hydrogens (tertiary/aromatic N) is 2. The van der Waals surface area contributed by atoms with E-state index in [1.165, 1.54) is 0 Å². The number of amides is 2. The number of para-hydroxylation sites is 1. The van der Waals surface area contributed by atoms with Gasteiger partial charge in [0.15, 0.2) is 0 Å². The molecule has 0 saturated carbocycles. The Balaban J connectivity index is 1.78. The zero-order valence-electron chi connectivity index (χ0n) is 13.7. The summed E-state index contributed by atoms with van der Waals surface area (Å²) in [6, 6.07) is 15.3. The van der Waals surface area contributed by atoms with Crippen LogP contribution in [-0.4, -0.2) is 25.4 Å². The molecule has 24 heavy (non-hydrogen) atoms. The van der Waals surface area contributed by atoms with Crippen LogP contribution in [0.3, 0.4) is 0 Å². The van der Waals surface area contributed by atoms with E-state index in [9.17, 15) is 9.59 Å². The normalized spacial score (nSPS) is 17.2. The van der Waals surface area contributed by atoms with Gasteiger partial charge >= 0.3 is 0 Å². The van der Waals surface area contributed by atoms with Gasteiger partial charge in [-0.15, -0.1) is 0 Å². The van der Waals surface area contributed by atoms with Gasteiger partial charge in [0.1, 0.15) is 0 Å². The van der Waals surface area contributed by atoms with Crippen molar-refractivity contribution in [3.8, 4) is 0 Å². The fourth-order valence-electron chi connectivity index (χ4n) is 3.08. The second-order valence-electron chi connectivity index (χ2n) is 6.07. The molecule has 5 heteroatoms. The van der Waals surface area contributed by atoms with Crippen molar-refractivity contribution in [1.82, 2.24) is 0 Å². The molecule has 0 spiro atoms. The van der Waals surface area contributed by atoms with Crippen LogP contribution in [0, 0.1) is 12.8 Å². The van der Waals surface area contributed by atoms with E-state index < -0.39 is 0 Å². The van der Waals surface area contributed by atoms with Crippen molar-refractivity contribution in [2.24, 2.45) is 5.92 Å². The maximum absolute atomic E-state index is 12.7. The van der Waals surface area contributed by atoms with Crippen LogP contribution in [-0.2, 0) is 9.59 Å². The highest BCUT2D eigenvalue weighted by Crippen LogP contribution is 2.31. The monoisotopic (exact) mass is 386 g/mol. The largest absolute Gasteiger partial charge is 0.315 e. The maximum Gasteiger partial charge on any atom is 0.232 e. The average molecular weight is 387 g/mol. The summed E-state index contributed by atoms with van der Waals surface area (Å²) in [7, 11) is 1.76. The fraction of sp³-hybridized carbons (Fsp3) is 0.263. The Labute approximate surface area is 150 Å². The molecule has 0 N–H and O–H groups in total. The van der Waals surface area contributed by atoms with Gasteiger partial charge < -0.3 is 9.80 Å². The average Bonchev–Trinajstić information content (AvgIpc) is 2.96. The topological polar surface area (TPSA) is 40.6 Å². The predicted octanol–water partition coefficient (Wildman–Crippen LogP) is 3.77. The number of halogens is 1. The predicted molar refractivity (Wildman–Crippen MR) is 99.2 cm³/mol. The summed E-state index contributed by atoms with van der Waals surface area (Å²) in [4.78, 5) is 28.5. The summed E-state index contributed by atoms with van der Waals surface area (Å²) in [6.07, 6.45) is 0.255. The second-order valence-corrected chi connectivity index (χ2v) is 6.98. The molecular weight excluding hydrogens is 368 g/mol. The molecule has 1 unspecified atom stereocenters. The molecule has 4 nitrogen and oxygen atoms in total. The molecular formula is C19H19BrN2O2. The van der Waals surface area contributed by atoms with E-state index in [1.54, 1.807) is 16.8 Å². The smallest absolute Gasteiger partial charge is 0.232 e. The molecule has 1 saturated heterocycles. The zero-order chi connectivity index (χ0) is 17.3. The first-order valence-electron chi connectivity index (χ1n) is 7.86. The lowest BCUT2D eigenvalue weighted by Crippen LogP contribution is -2.34. The van der Waals surface area contributed by atoms with Gasteiger partial charge in [-0.05, 0) is 42.8 Å². The number of aryl methyl sites for hydroxylation is 1. The molecule has 2 amide bonds. The molecule has 2 aromatic carbocycles. The van der Waals surface area contributed by atoms with Crippen molar-refractivity contribution >= 4 is 39.1 Å². The third-order valence-corrected chi connectivity index (χ3v) is 4.89. The van der Waals surface area contributed by atoms with Gasteiger partial charge in [0.05, 0.1) is 5.92 Å². The molecule has 124 valence electrons. The summed E-state index contributed by atoms with van der Waals surface area (Å²) >= 11 is 3.44. The molecule has 0 aromatic heterocycles. The van der Waals surface area contributed by atoms with Gasteiger partial charge in [0.25, 0.3) is 0 Å². The molecule has 1 fully saturated rings. The Morgan fingerprint density at radius 2 is 1.92 bits per heavy atom. The molecule has 0 bridgehead atoms. The Morgan fingerprint density at radius 1 is 1.21 bits per heavy atom. The lowest BCUT2D eigenvalue weighted by Gasteiger charge is -2.22. The fourth-order valence-corrected chi connectivity index (χ4v) is 3.56. The first-order chi connectivity index (χ1) is 11.5. The molecule has 0 radical (unpaired) electrons. The van der Waals surface area contributed by atoms with Crippen molar-refractivity contribution in [2.75, 3.05) is 23.4 Å². The first-order valence-corrected chi connectivity index (χ1v) is 8.66. The van der Waals surface area contributed by atoms with Gasteiger partial charge in [-0.25, -0.2) is 0 Å². The third-order valence-electron chi connectivity index (χ3n) is 4.40. The molecule has 3 rings (SSSR count). The van der Waals surface area contributed by atoms with E-state index in [0.717, 1.165) is 21.4 Å². The number of carbonyl (C=O) groups is 2. The molecule has 0 aliphatic carbocycles. The standard InChI is InChI=1S/C19H19BrN2O2/c1-13-10-15(20)8-9-17(13)22-12-14(11-18(22)23)19(24)21(2)16-6-4-3-5-7-16/h3-10,14H,11-12H2,1-2H3. The highest BCUT2D eigenvalue weighted by atomic mass is 79.9. The summed E-state index contributed by atoms with van der Waals surface area (Å²) in [5.74, 6) is -0.335. The van der Waals surface area contributed by atoms with Crippen molar-refractivity contribution in [3.05, 3.63) is 58.6 Å². The number of hydrogen-bond acceptors (Lipinski definition) is 2. The van der Waals surface area contributed by atoms with Gasteiger partial charge in [-0.2, -0.15) is 0 Å². The van der Waals surface area contributed by atoms with Crippen LogP contribution < -0.4 is 9.80 Å². The van der Waals surface area contributed by atoms with E-state index in [0.29, 0.717) is 6.54 Å². The number of anilines is 2. The summed E-state index contributed by atoms with van der Waals surface area (Å²) < 4.78 is 0.979. The Morgan fingerprint density at radius 3 is 2.58 bits per heavy atom. The lowest BCUT2D eigenvalue weighted by atomic mass is 10.1. The third kappa shape index (κ3) is 3.22. The number of benzene rings is 2. The molecule has 1 aliphatic rings. The number of hydrogen-bond donors (Lipinski definition) is 0. The number of rotatable bonds is 3. The van der Waals surface area contributed by atoms with Crippen molar-refractivity contribution in [1.29, 1.82) is 0 Å². The van der Waals surface area contributed by atoms with E-state index in [4.69, 9.17) is 0 Å². The number of carbonyl (C=O) groups excluding carboxylic acids is 2.